The van der Waals surface area contributed by atoms with Crippen molar-refractivity contribution in [3.05, 3.63) is 76.7 Å². The minimum Gasteiger partial charge on any atom is -0.484 e. The molecule has 7 heteroatoms. The van der Waals surface area contributed by atoms with E-state index in [9.17, 15) is 4.79 Å². The number of hydrogen-bond acceptors (Lipinski definition) is 5. The van der Waals surface area contributed by atoms with Gasteiger partial charge in [0, 0.05) is 40.8 Å². The first-order valence-corrected chi connectivity index (χ1v) is 12.6. The Morgan fingerprint density at radius 1 is 1.15 bits per heavy atom. The Hall–Kier alpha value is -2.77. The van der Waals surface area contributed by atoms with Crippen LogP contribution in [0.3, 0.4) is 0 Å². The molecule has 0 radical (unpaired) electrons. The van der Waals surface area contributed by atoms with Crippen molar-refractivity contribution in [1.29, 1.82) is 0 Å². The standard InChI is InChI=1S/C27H29BrN4O2/c1-18-30-25(22-9-5-6-10-24(22)28)14-26(31-18)23-16-32-12-11-19(23)13-20(32)15-29-27(33)17-34-21-7-3-2-4-8-21/h2-10,14,19-20,23H,11-13,15-17H2,1H3,(H,29,33)/t19-,20+,23+/m0/s1. The molecular weight excluding hydrogens is 492 g/mol. The van der Waals surface area contributed by atoms with Gasteiger partial charge in [-0.25, -0.2) is 9.97 Å². The van der Waals surface area contributed by atoms with Crippen LogP contribution in [0.1, 0.15) is 30.3 Å². The molecule has 4 atom stereocenters. The maximum absolute atomic E-state index is 12.3. The van der Waals surface area contributed by atoms with Crippen LogP contribution < -0.4 is 10.1 Å². The van der Waals surface area contributed by atoms with Crippen molar-refractivity contribution in [3.8, 4) is 17.0 Å². The number of nitrogens with zero attached hydrogens (tertiary/aromatic N) is 3. The highest BCUT2D eigenvalue weighted by molar-refractivity contribution is 9.10. The molecule has 1 N–H and O–H groups in total. The first-order chi connectivity index (χ1) is 16.6. The van der Waals surface area contributed by atoms with E-state index < -0.39 is 0 Å². The Labute approximate surface area is 208 Å². The maximum Gasteiger partial charge on any atom is 0.257 e. The second-order valence-corrected chi connectivity index (χ2v) is 10.0. The third-order valence-electron chi connectivity index (χ3n) is 6.91. The number of rotatable bonds is 7. The number of carbonyl (C=O) groups is 1. The molecule has 3 fully saturated rings. The predicted molar refractivity (Wildman–Crippen MR) is 136 cm³/mol. The van der Waals surface area contributed by atoms with Crippen LogP contribution in [0, 0.1) is 12.8 Å². The molecule has 0 aliphatic carbocycles. The molecule has 4 heterocycles. The van der Waals surface area contributed by atoms with Gasteiger partial charge in [0.1, 0.15) is 11.6 Å². The SMILES string of the molecule is Cc1nc(-c2ccccc2Br)cc([C@@H]2CN3CC[C@H]2C[C@@H]3CNC(=O)COc2ccccc2)n1. The molecule has 0 saturated carbocycles. The first kappa shape index (κ1) is 23.0. The topological polar surface area (TPSA) is 67.4 Å². The van der Waals surface area contributed by atoms with Crippen LogP contribution in [0.15, 0.2) is 65.1 Å². The smallest absolute Gasteiger partial charge is 0.257 e. The van der Waals surface area contributed by atoms with Gasteiger partial charge < -0.3 is 10.1 Å². The lowest BCUT2D eigenvalue weighted by Crippen LogP contribution is -2.56. The van der Waals surface area contributed by atoms with Gasteiger partial charge in [0.25, 0.3) is 5.91 Å². The number of piperidine rings is 3. The van der Waals surface area contributed by atoms with E-state index in [0.29, 0.717) is 30.2 Å². The second kappa shape index (κ2) is 10.2. The Morgan fingerprint density at radius 2 is 1.94 bits per heavy atom. The highest BCUT2D eigenvalue weighted by Crippen LogP contribution is 2.42. The number of carbonyl (C=O) groups excluding carboxylic acids is 1. The van der Waals surface area contributed by atoms with Gasteiger partial charge in [0.2, 0.25) is 0 Å². The van der Waals surface area contributed by atoms with Gasteiger partial charge in [-0.3, -0.25) is 9.69 Å². The number of nitrogens with one attached hydrogen (secondary N) is 1. The summed E-state index contributed by atoms with van der Waals surface area (Å²) in [4.78, 5) is 24.4. The molecule has 2 bridgehead atoms. The molecule has 176 valence electrons. The van der Waals surface area contributed by atoms with E-state index in [1.54, 1.807) is 0 Å². The minimum absolute atomic E-state index is 0.0425. The number of benzene rings is 2. The Balaban J connectivity index is 1.21. The lowest BCUT2D eigenvalue weighted by molar-refractivity contribution is -0.123. The highest BCUT2D eigenvalue weighted by Gasteiger charge is 2.41. The van der Waals surface area contributed by atoms with Crippen LogP contribution in [-0.4, -0.2) is 53.1 Å². The lowest BCUT2D eigenvalue weighted by Gasteiger charge is -2.49. The summed E-state index contributed by atoms with van der Waals surface area (Å²) >= 11 is 3.66. The number of halogens is 1. The van der Waals surface area contributed by atoms with E-state index in [4.69, 9.17) is 14.7 Å². The lowest BCUT2D eigenvalue weighted by atomic mass is 9.74. The third kappa shape index (κ3) is 5.15. The number of aromatic nitrogens is 2. The van der Waals surface area contributed by atoms with Crippen molar-refractivity contribution < 1.29 is 9.53 Å². The summed E-state index contributed by atoms with van der Waals surface area (Å²) in [6.07, 6.45) is 2.23. The number of aryl methyl sites for hydroxylation is 1. The molecule has 3 saturated heterocycles. The zero-order chi connectivity index (χ0) is 23.5. The fourth-order valence-corrected chi connectivity index (χ4v) is 5.71. The average molecular weight is 521 g/mol. The van der Waals surface area contributed by atoms with Crippen molar-refractivity contribution in [3.63, 3.8) is 0 Å². The van der Waals surface area contributed by atoms with Gasteiger partial charge in [-0.1, -0.05) is 52.3 Å². The summed E-state index contributed by atoms with van der Waals surface area (Å²) in [5.74, 6) is 2.40. The van der Waals surface area contributed by atoms with E-state index in [-0.39, 0.29) is 12.5 Å². The molecule has 3 aliphatic heterocycles. The molecular formula is C27H29BrN4O2. The predicted octanol–water partition coefficient (Wildman–Crippen LogP) is 4.59. The molecule has 1 amide bonds. The van der Waals surface area contributed by atoms with Crippen LogP contribution in [-0.2, 0) is 4.79 Å². The molecule has 1 aromatic heterocycles. The quantitative estimate of drug-likeness (QED) is 0.493. The minimum atomic E-state index is -0.0763. The summed E-state index contributed by atoms with van der Waals surface area (Å²) in [6, 6.07) is 20.2. The molecule has 0 spiro atoms. The third-order valence-corrected chi connectivity index (χ3v) is 7.61. The van der Waals surface area contributed by atoms with E-state index >= 15 is 0 Å². The van der Waals surface area contributed by atoms with Crippen molar-refractivity contribution in [1.82, 2.24) is 20.2 Å². The normalized spacial score (nSPS) is 23.5. The van der Waals surface area contributed by atoms with E-state index in [2.05, 4.69) is 38.3 Å². The van der Waals surface area contributed by atoms with Crippen LogP contribution in [0.2, 0.25) is 0 Å². The van der Waals surface area contributed by atoms with Crippen molar-refractivity contribution in [2.45, 2.75) is 31.7 Å². The van der Waals surface area contributed by atoms with Crippen molar-refractivity contribution in [2.75, 3.05) is 26.2 Å². The van der Waals surface area contributed by atoms with E-state index in [0.717, 1.165) is 46.8 Å². The molecule has 6 rings (SSSR count). The largest absolute Gasteiger partial charge is 0.484 e. The van der Waals surface area contributed by atoms with E-state index in [1.807, 2.05) is 55.5 Å². The fourth-order valence-electron chi connectivity index (χ4n) is 5.22. The van der Waals surface area contributed by atoms with Crippen molar-refractivity contribution >= 4 is 21.8 Å². The number of hydrogen-bond donors (Lipinski definition) is 1. The van der Waals surface area contributed by atoms with Crippen LogP contribution in [0.4, 0.5) is 0 Å². The monoisotopic (exact) mass is 520 g/mol. The van der Waals surface area contributed by atoms with Gasteiger partial charge in [0.05, 0.1) is 5.69 Å². The molecule has 1 unspecified atom stereocenters. The number of para-hydroxylation sites is 1. The second-order valence-electron chi connectivity index (χ2n) is 9.15. The number of fused-ring (bicyclic) bond motifs is 3. The summed E-state index contributed by atoms with van der Waals surface area (Å²) in [5, 5.41) is 3.07. The molecule has 2 aromatic carbocycles. The van der Waals surface area contributed by atoms with Crippen LogP contribution in [0.5, 0.6) is 5.75 Å². The summed E-state index contributed by atoms with van der Waals surface area (Å²) < 4.78 is 6.61. The molecule has 34 heavy (non-hydrogen) atoms. The zero-order valence-electron chi connectivity index (χ0n) is 19.3. The number of amides is 1. The van der Waals surface area contributed by atoms with Gasteiger partial charge in [-0.2, -0.15) is 0 Å². The van der Waals surface area contributed by atoms with E-state index in [1.165, 1.54) is 6.42 Å². The first-order valence-electron chi connectivity index (χ1n) is 11.9. The summed E-state index contributed by atoms with van der Waals surface area (Å²) in [5.41, 5.74) is 3.19. The highest BCUT2D eigenvalue weighted by atomic mass is 79.9. The van der Waals surface area contributed by atoms with Crippen molar-refractivity contribution in [2.24, 2.45) is 5.92 Å². The fraction of sp³-hybridized carbons (Fsp3) is 0.370. The van der Waals surface area contributed by atoms with Gasteiger partial charge in [-0.05, 0) is 56.5 Å². The summed E-state index contributed by atoms with van der Waals surface area (Å²) in [6.45, 7) is 4.72. The van der Waals surface area contributed by atoms with Crippen LogP contribution >= 0.6 is 15.9 Å². The molecule has 3 aliphatic rings. The summed E-state index contributed by atoms with van der Waals surface area (Å²) in [7, 11) is 0. The van der Waals surface area contributed by atoms with Gasteiger partial charge in [-0.15, -0.1) is 0 Å². The zero-order valence-corrected chi connectivity index (χ0v) is 20.9. The Kier molecular flexibility index (Phi) is 6.92. The molecule has 6 nitrogen and oxygen atoms in total. The van der Waals surface area contributed by atoms with Gasteiger partial charge >= 0.3 is 0 Å². The molecule has 3 aromatic rings. The Bertz CT molecular complexity index is 1160. The maximum atomic E-state index is 12.3. The van der Waals surface area contributed by atoms with Crippen LogP contribution in [0.25, 0.3) is 11.3 Å². The average Bonchev–Trinajstić information content (AvgIpc) is 2.87. The Morgan fingerprint density at radius 3 is 2.71 bits per heavy atom. The number of ether oxygens (including phenoxy) is 1. The van der Waals surface area contributed by atoms with Gasteiger partial charge in [0.15, 0.2) is 6.61 Å².